The molecule has 0 radical (unpaired) electrons. The molecule has 0 unspecified atom stereocenters. The van der Waals surface area contributed by atoms with Gasteiger partial charge in [0.05, 0.1) is 15.9 Å². The summed E-state index contributed by atoms with van der Waals surface area (Å²) in [5.41, 5.74) is -0.721. The number of fused-ring (bicyclic) bond motifs is 1. The van der Waals surface area contributed by atoms with Gasteiger partial charge < -0.3 is 9.84 Å². The van der Waals surface area contributed by atoms with Crippen LogP contribution in [0.3, 0.4) is 0 Å². The minimum Gasteiger partial charge on any atom is -0.485 e. The number of carbonyl (C=O) groups is 1. The van der Waals surface area contributed by atoms with Crippen LogP contribution < -0.4 is 9.46 Å². The number of rotatable bonds is 5. The molecule has 2 aromatic rings. The highest BCUT2D eigenvalue weighted by molar-refractivity contribution is 7.89. The molecule has 1 aliphatic rings. The number of benzene rings is 2. The van der Waals surface area contributed by atoms with E-state index in [1.807, 2.05) is 0 Å². The first-order chi connectivity index (χ1) is 13.0. The van der Waals surface area contributed by atoms with Gasteiger partial charge in [0.2, 0.25) is 10.0 Å². The number of aliphatic hydroxyl groups is 1. The van der Waals surface area contributed by atoms with Gasteiger partial charge in [-0.1, -0.05) is 0 Å². The molecule has 1 heterocycles. The average molecular weight is 406 g/mol. The molecule has 0 aromatic heterocycles. The van der Waals surface area contributed by atoms with E-state index in [-0.39, 0.29) is 10.6 Å². The molecule has 0 saturated heterocycles. The van der Waals surface area contributed by atoms with Crippen LogP contribution in [0.4, 0.5) is 5.69 Å². The van der Waals surface area contributed by atoms with Crippen LogP contribution in [-0.2, 0) is 10.0 Å². The van der Waals surface area contributed by atoms with E-state index >= 15 is 0 Å². The van der Waals surface area contributed by atoms with Crippen LogP contribution >= 0.6 is 0 Å². The second kappa shape index (κ2) is 6.97. The van der Waals surface area contributed by atoms with Crippen LogP contribution in [-0.4, -0.2) is 36.4 Å². The molecule has 2 N–H and O–H groups in total. The van der Waals surface area contributed by atoms with E-state index in [0.717, 1.165) is 24.3 Å². The predicted molar refractivity (Wildman–Crippen MR) is 98.7 cm³/mol. The van der Waals surface area contributed by atoms with Gasteiger partial charge in [0.25, 0.3) is 5.69 Å². The van der Waals surface area contributed by atoms with Gasteiger partial charge in [0, 0.05) is 23.3 Å². The highest BCUT2D eigenvalue weighted by atomic mass is 32.2. The Kier molecular flexibility index (Phi) is 4.96. The first-order valence-corrected chi connectivity index (χ1v) is 9.76. The summed E-state index contributed by atoms with van der Waals surface area (Å²) in [6.07, 6.45) is -0.649. The third-order valence-corrected chi connectivity index (χ3v) is 6.00. The van der Waals surface area contributed by atoms with Crippen LogP contribution in [0.5, 0.6) is 5.75 Å². The van der Waals surface area contributed by atoms with Crippen molar-refractivity contribution in [3.05, 3.63) is 63.7 Å². The van der Waals surface area contributed by atoms with Gasteiger partial charge in [-0.2, -0.15) is 0 Å². The van der Waals surface area contributed by atoms with E-state index in [2.05, 4.69) is 4.72 Å². The topological polar surface area (TPSA) is 136 Å². The number of carbonyl (C=O) groups excluding carboxylic acids is 1. The maximum Gasteiger partial charge on any atom is 0.269 e. The number of aldehydes is 1. The van der Waals surface area contributed by atoms with Gasteiger partial charge in [-0.3, -0.25) is 14.9 Å². The molecular formula is C18H18N2O7S. The van der Waals surface area contributed by atoms with Crippen LogP contribution in [0.2, 0.25) is 0 Å². The van der Waals surface area contributed by atoms with E-state index in [1.54, 1.807) is 19.9 Å². The largest absolute Gasteiger partial charge is 0.485 e. The van der Waals surface area contributed by atoms with Crippen LogP contribution in [0.15, 0.2) is 47.4 Å². The highest BCUT2D eigenvalue weighted by Crippen LogP contribution is 2.40. The zero-order valence-electron chi connectivity index (χ0n) is 15.0. The minimum atomic E-state index is -4.12. The maximum absolute atomic E-state index is 12.8. The van der Waals surface area contributed by atoms with Gasteiger partial charge in [0.15, 0.2) is 0 Å². The molecule has 1 aliphatic heterocycles. The predicted octanol–water partition coefficient (Wildman–Crippen LogP) is 1.96. The summed E-state index contributed by atoms with van der Waals surface area (Å²) in [7, 11) is -4.12. The zero-order valence-corrected chi connectivity index (χ0v) is 15.8. The molecule has 2 aromatic carbocycles. The minimum absolute atomic E-state index is 0.192. The lowest BCUT2D eigenvalue weighted by Crippen LogP contribution is -2.53. The SMILES string of the molecule is CC1(C)Oc2ccc(C=O)cc2[C@@H](NS(=O)(=O)c2ccc([N+](=O)[O-])cc2)[C@@H]1O. The summed E-state index contributed by atoms with van der Waals surface area (Å²) in [6.45, 7) is 3.23. The molecule has 0 fully saturated rings. The second-order valence-corrected chi connectivity index (χ2v) is 8.63. The fourth-order valence-corrected chi connectivity index (χ4v) is 4.22. The molecule has 0 bridgehead atoms. The van der Waals surface area contributed by atoms with Crippen LogP contribution in [0.1, 0.15) is 35.8 Å². The van der Waals surface area contributed by atoms with Crippen molar-refractivity contribution in [2.45, 2.75) is 36.5 Å². The lowest BCUT2D eigenvalue weighted by Gasteiger charge is -2.42. The molecule has 28 heavy (non-hydrogen) atoms. The van der Waals surface area contributed by atoms with E-state index in [9.17, 15) is 28.4 Å². The smallest absolute Gasteiger partial charge is 0.269 e. The van der Waals surface area contributed by atoms with Gasteiger partial charge >= 0.3 is 0 Å². The molecule has 0 amide bonds. The Morgan fingerprint density at radius 2 is 1.86 bits per heavy atom. The van der Waals surface area contributed by atoms with Crippen LogP contribution in [0.25, 0.3) is 0 Å². The maximum atomic E-state index is 12.8. The van der Waals surface area contributed by atoms with Crippen molar-refractivity contribution in [3.63, 3.8) is 0 Å². The molecule has 0 saturated carbocycles. The molecule has 0 aliphatic carbocycles. The van der Waals surface area contributed by atoms with Crippen molar-refractivity contribution in [3.8, 4) is 5.75 Å². The number of ether oxygens (including phenoxy) is 1. The number of nitro groups is 1. The Morgan fingerprint density at radius 1 is 1.21 bits per heavy atom. The molecule has 9 nitrogen and oxygen atoms in total. The molecule has 10 heteroatoms. The summed E-state index contributed by atoms with van der Waals surface area (Å²) < 4.78 is 33.8. The summed E-state index contributed by atoms with van der Waals surface area (Å²) in [5.74, 6) is 0.345. The number of nitrogens with one attached hydrogen (secondary N) is 1. The van der Waals surface area contributed by atoms with Crippen molar-refractivity contribution in [1.29, 1.82) is 0 Å². The van der Waals surface area contributed by atoms with Crippen LogP contribution in [0, 0.1) is 10.1 Å². The Hall–Kier alpha value is -2.82. The summed E-state index contributed by atoms with van der Waals surface area (Å²) in [4.78, 5) is 21.0. The van der Waals surface area contributed by atoms with Crippen molar-refractivity contribution >= 4 is 22.0 Å². The van der Waals surface area contributed by atoms with Crippen molar-refractivity contribution in [2.75, 3.05) is 0 Å². The number of aliphatic hydroxyl groups excluding tert-OH is 1. The Balaban J connectivity index is 2.02. The molecule has 148 valence electrons. The number of nitrogens with zero attached hydrogens (tertiary/aromatic N) is 1. The van der Waals surface area contributed by atoms with E-state index < -0.39 is 32.7 Å². The zero-order chi connectivity index (χ0) is 20.7. The first-order valence-electron chi connectivity index (χ1n) is 8.28. The third-order valence-electron chi connectivity index (χ3n) is 4.55. The normalized spacial score (nSPS) is 20.7. The third kappa shape index (κ3) is 3.61. The fourth-order valence-electron chi connectivity index (χ4n) is 3.00. The summed E-state index contributed by atoms with van der Waals surface area (Å²) in [5, 5.41) is 21.5. The lowest BCUT2D eigenvalue weighted by atomic mass is 9.86. The number of nitro benzene ring substituents is 1. The second-order valence-electron chi connectivity index (χ2n) is 6.92. The Labute approximate surface area is 161 Å². The van der Waals surface area contributed by atoms with Crippen molar-refractivity contribution in [2.24, 2.45) is 0 Å². The van der Waals surface area contributed by atoms with Gasteiger partial charge in [0.1, 0.15) is 23.7 Å². The number of hydrogen-bond donors (Lipinski definition) is 2. The Morgan fingerprint density at radius 3 is 2.43 bits per heavy atom. The molecule has 2 atom stereocenters. The van der Waals surface area contributed by atoms with Gasteiger partial charge in [-0.25, -0.2) is 13.1 Å². The monoisotopic (exact) mass is 406 g/mol. The van der Waals surface area contributed by atoms with E-state index in [0.29, 0.717) is 23.2 Å². The standard InChI is InChI=1S/C18H18N2O7S/c1-18(2)17(22)16(14-9-11(10-21)3-8-15(14)27-18)19-28(25,26)13-6-4-12(5-7-13)20(23)24/h3-10,16-17,19,22H,1-2H3/t16-,17+/m1/s1. The molecule has 3 rings (SSSR count). The van der Waals surface area contributed by atoms with Crippen molar-refractivity contribution < 1.29 is 28.0 Å². The highest BCUT2D eigenvalue weighted by Gasteiger charge is 2.44. The number of non-ortho nitro benzene ring substituents is 1. The van der Waals surface area contributed by atoms with Gasteiger partial charge in [-0.15, -0.1) is 0 Å². The Bertz CT molecular complexity index is 1030. The van der Waals surface area contributed by atoms with E-state index in [1.165, 1.54) is 12.1 Å². The first kappa shape index (κ1) is 19.9. The number of hydrogen-bond acceptors (Lipinski definition) is 7. The lowest BCUT2D eigenvalue weighted by molar-refractivity contribution is -0.384. The van der Waals surface area contributed by atoms with Crippen molar-refractivity contribution in [1.82, 2.24) is 4.72 Å². The quantitative estimate of drug-likeness (QED) is 0.440. The molecular weight excluding hydrogens is 388 g/mol. The average Bonchev–Trinajstić information content (AvgIpc) is 2.65. The fraction of sp³-hybridized carbons (Fsp3) is 0.278. The summed E-state index contributed by atoms with van der Waals surface area (Å²) >= 11 is 0. The van der Waals surface area contributed by atoms with E-state index in [4.69, 9.17) is 4.74 Å². The molecule has 0 spiro atoms. The van der Waals surface area contributed by atoms with Gasteiger partial charge in [-0.05, 0) is 44.2 Å². The number of sulfonamides is 1. The summed E-state index contributed by atoms with van der Waals surface area (Å²) in [6, 6.07) is 7.82.